The number of aliphatic hydroxyl groups is 3. The smallest absolute Gasteiger partial charge is 0.305 e. The number of rotatable bonds is 6. The van der Waals surface area contributed by atoms with E-state index in [1.165, 1.54) is 60.7 Å². The summed E-state index contributed by atoms with van der Waals surface area (Å²) in [5.41, 5.74) is -0.592. The Morgan fingerprint density at radius 2 is 1.03 bits per heavy atom. The molecular formula is C47H38O18. The lowest BCUT2D eigenvalue weighted by Crippen LogP contribution is -2.57. The normalized spacial score (nSPS) is 25.8. The largest absolute Gasteiger partial charge is 0.508 e. The molecule has 0 aromatic heterocycles. The first-order valence-electron chi connectivity index (χ1n) is 20.1. The number of carboxylic acid groups (broad SMARTS) is 1. The summed E-state index contributed by atoms with van der Waals surface area (Å²) < 4.78 is 25.9. The molecule has 0 aliphatic carbocycles. The lowest BCUT2D eigenvalue weighted by molar-refractivity contribution is -0.219. The van der Waals surface area contributed by atoms with Crippen molar-refractivity contribution in [3.05, 3.63) is 136 Å². The van der Waals surface area contributed by atoms with Gasteiger partial charge in [-0.1, -0.05) is 18.2 Å². The summed E-state index contributed by atoms with van der Waals surface area (Å²) in [5.74, 6) is -13.6. The van der Waals surface area contributed by atoms with Crippen molar-refractivity contribution in [1.82, 2.24) is 0 Å². The molecule has 0 saturated heterocycles. The molecule has 334 valence electrons. The monoisotopic (exact) mass is 890 g/mol. The second-order valence-corrected chi connectivity index (χ2v) is 16.4. The maximum Gasteiger partial charge on any atom is 0.305 e. The van der Waals surface area contributed by atoms with Gasteiger partial charge in [-0.15, -0.1) is 0 Å². The van der Waals surface area contributed by atoms with Gasteiger partial charge in [0.05, 0.1) is 18.3 Å². The zero-order valence-electron chi connectivity index (χ0n) is 33.3. The molecule has 4 aliphatic rings. The van der Waals surface area contributed by atoms with Crippen molar-refractivity contribution in [3.63, 3.8) is 0 Å². The van der Waals surface area contributed by atoms with Crippen molar-refractivity contribution in [3.8, 4) is 74.7 Å². The summed E-state index contributed by atoms with van der Waals surface area (Å²) in [6, 6.07) is 18.6. The Bertz CT molecular complexity index is 2930. The minimum atomic E-state index is -2.16. The second-order valence-electron chi connectivity index (χ2n) is 16.4. The number of aliphatic hydroxyl groups excluding tert-OH is 3. The number of ether oxygens (including phenoxy) is 4. The van der Waals surface area contributed by atoms with Crippen LogP contribution in [0, 0.1) is 0 Å². The summed E-state index contributed by atoms with van der Waals surface area (Å²) in [7, 11) is 0. The number of phenolic OH excluding ortho intramolecular Hbond substituents is 9. The third kappa shape index (κ3) is 6.16. The summed E-state index contributed by atoms with van der Waals surface area (Å²) in [5, 5.41) is 146. The Morgan fingerprint density at radius 3 is 1.66 bits per heavy atom. The summed E-state index contributed by atoms with van der Waals surface area (Å²) >= 11 is 0. The lowest BCUT2D eigenvalue weighted by Gasteiger charge is -2.51. The van der Waals surface area contributed by atoms with Crippen LogP contribution >= 0.6 is 0 Å². The molecule has 6 aromatic rings. The van der Waals surface area contributed by atoms with Gasteiger partial charge in [0, 0.05) is 63.6 Å². The number of benzene rings is 6. The lowest BCUT2D eigenvalue weighted by atomic mass is 9.71. The van der Waals surface area contributed by atoms with Crippen LogP contribution in [0.4, 0.5) is 0 Å². The van der Waals surface area contributed by atoms with Crippen LogP contribution < -0.4 is 18.9 Å². The summed E-state index contributed by atoms with van der Waals surface area (Å²) in [4.78, 5) is 12.4. The first-order chi connectivity index (χ1) is 31.0. The highest BCUT2D eigenvalue weighted by molar-refractivity contribution is 5.74. The van der Waals surface area contributed by atoms with Gasteiger partial charge in [0.25, 0.3) is 0 Å². The topological polar surface area (TPSA) is 317 Å². The molecule has 6 aromatic carbocycles. The van der Waals surface area contributed by atoms with Crippen LogP contribution in [0.5, 0.6) is 74.7 Å². The number of hydrogen-bond acceptors (Lipinski definition) is 17. The standard InChI is InChI=1S/C47H38O18/c48-20-6-1-17(2-7-20)42-41(60)38(35-28(55)15-27(54)33-23(14-32(57)58)40(59)43(63-44(33)35)18-3-10-24(51)25(52)11-18)36-29(56)16-31-37(45(36)62-42)39-34-26(53)12-22(50)13-30(34)64-47(65-31,46(39)61)19-4-8-21(49)9-5-19/h1-13,15-16,23,38-43,46,48-56,59-61H,14H2,(H,57,58)/t23-,38-,39+,40+,41+,42+,43+,46+,47-/m0/s1. The minimum Gasteiger partial charge on any atom is -0.508 e. The van der Waals surface area contributed by atoms with Gasteiger partial charge >= 0.3 is 11.8 Å². The van der Waals surface area contributed by atoms with E-state index in [1.54, 1.807) is 0 Å². The number of carboxylic acids is 1. The molecule has 13 N–H and O–H groups in total. The molecule has 4 heterocycles. The molecule has 0 unspecified atom stereocenters. The molecule has 2 bridgehead atoms. The van der Waals surface area contributed by atoms with Gasteiger partial charge in [0.2, 0.25) is 0 Å². The SMILES string of the molecule is O=C(O)C[C@H]1c2c(O)cc(O)c([C@H]3c4c(O)cc5c(c4O[C@H](c4ccc(O)cc4)[C@@H]3O)[C@H]3c4c(O)cc(O)cc4O[C@@](c4ccc(O)cc4)(O5)[C@@H]3O)c2O[C@H](c2ccc(O)c(O)c2)[C@@H]1O. The van der Waals surface area contributed by atoms with Gasteiger partial charge < -0.3 is 85.3 Å². The Hall–Kier alpha value is -7.93. The Balaban J connectivity index is 1.26. The van der Waals surface area contributed by atoms with Crippen molar-refractivity contribution in [1.29, 1.82) is 0 Å². The third-order valence-corrected chi connectivity index (χ3v) is 12.6. The molecule has 0 saturated carbocycles. The molecule has 9 atom stereocenters. The van der Waals surface area contributed by atoms with Crippen LogP contribution in [-0.2, 0) is 10.6 Å². The van der Waals surface area contributed by atoms with E-state index in [4.69, 9.17) is 18.9 Å². The molecular weight excluding hydrogens is 852 g/mol. The van der Waals surface area contributed by atoms with Gasteiger partial charge in [0.1, 0.15) is 81.6 Å². The van der Waals surface area contributed by atoms with Crippen molar-refractivity contribution >= 4 is 5.97 Å². The fourth-order valence-corrected chi connectivity index (χ4v) is 9.79. The van der Waals surface area contributed by atoms with Gasteiger partial charge in [-0.2, -0.15) is 0 Å². The quantitative estimate of drug-likeness (QED) is 0.0994. The van der Waals surface area contributed by atoms with E-state index in [2.05, 4.69) is 0 Å². The number of fused-ring (bicyclic) bond motifs is 9. The van der Waals surface area contributed by atoms with E-state index in [0.717, 1.165) is 30.3 Å². The van der Waals surface area contributed by atoms with Gasteiger partial charge in [-0.3, -0.25) is 4.79 Å². The van der Waals surface area contributed by atoms with Crippen LogP contribution in [-0.4, -0.2) is 90.7 Å². The highest BCUT2D eigenvalue weighted by Crippen LogP contribution is 2.65. The van der Waals surface area contributed by atoms with Gasteiger partial charge in [-0.05, 0) is 59.7 Å². The van der Waals surface area contributed by atoms with Crippen molar-refractivity contribution in [2.45, 2.75) is 60.5 Å². The third-order valence-electron chi connectivity index (χ3n) is 12.6. The maximum atomic E-state index is 12.6. The molecule has 0 fully saturated rings. The van der Waals surface area contributed by atoms with E-state index >= 15 is 0 Å². The zero-order chi connectivity index (χ0) is 46.0. The number of hydrogen-bond donors (Lipinski definition) is 13. The average Bonchev–Trinajstić information content (AvgIpc) is 3.24. The van der Waals surface area contributed by atoms with E-state index in [9.17, 15) is 71.2 Å². The molecule has 10 rings (SSSR count). The average molecular weight is 891 g/mol. The van der Waals surface area contributed by atoms with Crippen LogP contribution in [0.3, 0.4) is 0 Å². The van der Waals surface area contributed by atoms with Crippen molar-refractivity contribution in [2.24, 2.45) is 0 Å². The summed E-state index contributed by atoms with van der Waals surface area (Å²) in [6.45, 7) is 0. The van der Waals surface area contributed by atoms with E-state index in [0.29, 0.717) is 0 Å². The van der Waals surface area contributed by atoms with Gasteiger partial charge in [0.15, 0.2) is 23.7 Å². The van der Waals surface area contributed by atoms with E-state index < -0.39 is 112 Å². The first kappa shape index (κ1) is 41.1. The zero-order valence-corrected chi connectivity index (χ0v) is 33.3. The van der Waals surface area contributed by atoms with Crippen molar-refractivity contribution in [2.75, 3.05) is 0 Å². The van der Waals surface area contributed by atoms with Crippen LogP contribution in [0.25, 0.3) is 0 Å². The van der Waals surface area contributed by atoms with Crippen molar-refractivity contribution < 1.29 is 90.1 Å². The highest BCUT2D eigenvalue weighted by atomic mass is 16.7. The molecule has 18 heteroatoms. The molecule has 18 nitrogen and oxygen atoms in total. The van der Waals surface area contributed by atoms with Crippen LogP contribution in [0.1, 0.15) is 80.9 Å². The van der Waals surface area contributed by atoms with Crippen LogP contribution in [0.15, 0.2) is 91.0 Å². The maximum absolute atomic E-state index is 12.6. The molecule has 65 heavy (non-hydrogen) atoms. The number of aromatic hydroxyl groups is 9. The van der Waals surface area contributed by atoms with Crippen LogP contribution in [0.2, 0.25) is 0 Å². The summed E-state index contributed by atoms with van der Waals surface area (Å²) in [6.07, 6.45) is -9.19. The Kier molecular flexibility index (Phi) is 9.21. The number of phenols is 9. The number of carbonyl (C=O) groups is 1. The molecule has 0 amide bonds. The molecule has 4 aliphatic heterocycles. The predicted octanol–water partition coefficient (Wildman–Crippen LogP) is 4.85. The Labute approximate surface area is 366 Å². The van der Waals surface area contributed by atoms with Gasteiger partial charge in [-0.25, -0.2) is 0 Å². The second kappa shape index (κ2) is 14.6. The molecule has 0 spiro atoms. The minimum absolute atomic E-state index is 0.0294. The fraction of sp³-hybridized carbons (Fsp3) is 0.213. The fourth-order valence-electron chi connectivity index (χ4n) is 9.79. The first-order valence-corrected chi connectivity index (χ1v) is 20.1. The Morgan fingerprint density at radius 1 is 0.492 bits per heavy atom. The molecule has 0 radical (unpaired) electrons. The van der Waals surface area contributed by atoms with E-state index in [1.807, 2.05) is 0 Å². The number of aliphatic carboxylic acids is 1. The highest BCUT2D eigenvalue weighted by Gasteiger charge is 2.61. The van der Waals surface area contributed by atoms with E-state index in [-0.39, 0.29) is 73.3 Å². The predicted molar refractivity (Wildman–Crippen MR) is 220 cm³/mol.